The molecule has 0 aromatic heterocycles. The fourth-order valence-electron chi connectivity index (χ4n) is 1.75. The molecule has 0 aromatic rings. The Morgan fingerprint density at radius 2 is 2.11 bits per heavy atom. The first-order chi connectivity index (χ1) is 8.79. The predicted octanol–water partition coefficient (Wildman–Crippen LogP) is 0.550. The number of carbonyl (C=O) groups is 2. The molecule has 19 heavy (non-hydrogen) atoms. The molecule has 5 nitrogen and oxygen atoms in total. The van der Waals surface area contributed by atoms with Crippen molar-refractivity contribution in [3.05, 3.63) is 0 Å². The number of hydrogen-bond acceptors (Lipinski definition) is 3. The van der Waals surface area contributed by atoms with E-state index in [0.29, 0.717) is 24.5 Å². The van der Waals surface area contributed by atoms with Gasteiger partial charge in [-0.2, -0.15) is 13.2 Å². The minimum absolute atomic E-state index is 0.290. The van der Waals surface area contributed by atoms with Crippen LogP contribution >= 0.6 is 0 Å². The summed E-state index contributed by atoms with van der Waals surface area (Å²) in [5.74, 6) is -1.45. The van der Waals surface area contributed by atoms with Crippen molar-refractivity contribution in [3.63, 3.8) is 0 Å². The molecule has 1 aliphatic heterocycles. The molecule has 2 amide bonds. The highest BCUT2D eigenvalue weighted by Crippen LogP contribution is 2.15. The van der Waals surface area contributed by atoms with Gasteiger partial charge in [0.25, 0.3) is 0 Å². The zero-order valence-corrected chi connectivity index (χ0v) is 10.6. The maximum atomic E-state index is 12.1. The fourth-order valence-corrected chi connectivity index (χ4v) is 1.75. The summed E-state index contributed by atoms with van der Waals surface area (Å²) in [6, 6.07) is 0. The van der Waals surface area contributed by atoms with E-state index < -0.39 is 25.2 Å². The first-order valence-corrected chi connectivity index (χ1v) is 5.96. The molecule has 1 rings (SSSR count). The van der Waals surface area contributed by atoms with Gasteiger partial charge in [-0.15, -0.1) is 0 Å². The van der Waals surface area contributed by atoms with Crippen molar-refractivity contribution in [1.82, 2.24) is 10.2 Å². The van der Waals surface area contributed by atoms with Gasteiger partial charge in [0.15, 0.2) is 0 Å². The van der Waals surface area contributed by atoms with Crippen LogP contribution in [0.15, 0.2) is 0 Å². The number of carbonyl (C=O) groups excluding carboxylic acids is 2. The van der Waals surface area contributed by atoms with Crippen molar-refractivity contribution in [1.29, 1.82) is 0 Å². The molecule has 0 spiro atoms. The van der Waals surface area contributed by atoms with E-state index in [0.717, 1.165) is 13.5 Å². The number of rotatable bonds is 4. The van der Waals surface area contributed by atoms with Crippen molar-refractivity contribution < 1.29 is 27.5 Å². The van der Waals surface area contributed by atoms with Gasteiger partial charge in [0.1, 0.15) is 6.54 Å². The van der Waals surface area contributed by atoms with Gasteiger partial charge in [-0.1, -0.05) is 0 Å². The number of likely N-dealkylation sites (N-methyl/N-ethyl adjacent to an activating group) is 1. The van der Waals surface area contributed by atoms with Crippen LogP contribution in [0.3, 0.4) is 0 Å². The Balaban J connectivity index is 2.30. The van der Waals surface area contributed by atoms with Crippen LogP contribution in [-0.4, -0.2) is 56.2 Å². The molecular weight excluding hydrogens is 265 g/mol. The molecule has 1 aliphatic rings. The molecule has 0 bridgehead atoms. The van der Waals surface area contributed by atoms with E-state index in [-0.39, 0.29) is 11.8 Å². The quantitative estimate of drug-likeness (QED) is 0.819. The molecule has 1 N–H and O–H groups in total. The first-order valence-electron chi connectivity index (χ1n) is 5.96. The molecule has 0 aromatic carbocycles. The molecule has 0 unspecified atom stereocenters. The number of alkyl halides is 3. The Bertz CT molecular complexity index is 328. The number of nitrogens with one attached hydrogen (secondary N) is 1. The number of nitrogens with zero attached hydrogens (tertiary/aromatic N) is 1. The third kappa shape index (κ3) is 5.91. The van der Waals surface area contributed by atoms with Gasteiger partial charge < -0.3 is 15.0 Å². The SMILES string of the molecule is CN(CC(F)(F)F)C(=O)CNC(=O)[C@H]1CCCOC1. The maximum absolute atomic E-state index is 12.1. The summed E-state index contributed by atoms with van der Waals surface area (Å²) in [5, 5.41) is 2.34. The topological polar surface area (TPSA) is 58.6 Å². The summed E-state index contributed by atoms with van der Waals surface area (Å²) in [5.41, 5.74) is 0. The van der Waals surface area contributed by atoms with E-state index in [2.05, 4.69) is 5.32 Å². The normalized spacial score (nSPS) is 19.9. The van der Waals surface area contributed by atoms with Gasteiger partial charge in [-0.05, 0) is 12.8 Å². The minimum Gasteiger partial charge on any atom is -0.381 e. The lowest BCUT2D eigenvalue weighted by Crippen LogP contribution is -2.44. The van der Waals surface area contributed by atoms with Crippen LogP contribution < -0.4 is 5.32 Å². The average molecular weight is 282 g/mol. The number of halogens is 3. The molecule has 1 saturated heterocycles. The Kier molecular flexibility index (Phi) is 5.59. The lowest BCUT2D eigenvalue weighted by atomic mass is 10.0. The molecule has 1 fully saturated rings. The van der Waals surface area contributed by atoms with Crippen molar-refractivity contribution in [3.8, 4) is 0 Å². The van der Waals surface area contributed by atoms with E-state index in [9.17, 15) is 22.8 Å². The van der Waals surface area contributed by atoms with Crippen molar-refractivity contribution in [2.75, 3.05) is 33.4 Å². The summed E-state index contributed by atoms with van der Waals surface area (Å²) in [6.45, 7) is -0.856. The van der Waals surface area contributed by atoms with Gasteiger partial charge >= 0.3 is 6.18 Å². The second-order valence-electron chi connectivity index (χ2n) is 4.50. The Morgan fingerprint density at radius 1 is 1.42 bits per heavy atom. The first kappa shape index (κ1) is 15.7. The highest BCUT2D eigenvalue weighted by molar-refractivity contribution is 5.85. The largest absolute Gasteiger partial charge is 0.406 e. The molecule has 1 atom stereocenters. The van der Waals surface area contributed by atoms with Crippen molar-refractivity contribution in [2.24, 2.45) is 5.92 Å². The zero-order valence-electron chi connectivity index (χ0n) is 10.6. The fraction of sp³-hybridized carbons (Fsp3) is 0.818. The molecule has 110 valence electrons. The third-order valence-electron chi connectivity index (χ3n) is 2.79. The van der Waals surface area contributed by atoms with Crippen LogP contribution in [-0.2, 0) is 14.3 Å². The predicted molar refractivity (Wildman–Crippen MR) is 60.2 cm³/mol. The highest BCUT2D eigenvalue weighted by Gasteiger charge is 2.31. The summed E-state index contributed by atoms with van der Waals surface area (Å²) in [6.07, 6.45) is -3.01. The Labute approximate surface area is 109 Å². The summed E-state index contributed by atoms with van der Waals surface area (Å²) < 4.78 is 41.3. The van der Waals surface area contributed by atoms with Gasteiger partial charge in [-0.25, -0.2) is 0 Å². The monoisotopic (exact) mass is 282 g/mol. The molecule has 1 heterocycles. The van der Waals surface area contributed by atoms with Crippen LogP contribution in [0.5, 0.6) is 0 Å². The highest BCUT2D eigenvalue weighted by atomic mass is 19.4. The van der Waals surface area contributed by atoms with E-state index in [1.165, 1.54) is 0 Å². The Morgan fingerprint density at radius 3 is 2.63 bits per heavy atom. The number of ether oxygens (including phenoxy) is 1. The number of hydrogen-bond donors (Lipinski definition) is 1. The van der Waals surface area contributed by atoms with Crippen molar-refractivity contribution in [2.45, 2.75) is 19.0 Å². The molecule has 0 radical (unpaired) electrons. The molecule has 0 aliphatic carbocycles. The molecular formula is C11H17F3N2O3. The summed E-state index contributed by atoms with van der Waals surface area (Å²) in [4.78, 5) is 23.6. The maximum Gasteiger partial charge on any atom is 0.406 e. The number of amides is 2. The van der Waals surface area contributed by atoms with Crippen LogP contribution in [0.25, 0.3) is 0 Å². The molecule has 0 saturated carbocycles. The van der Waals surface area contributed by atoms with E-state index in [1.807, 2.05) is 0 Å². The van der Waals surface area contributed by atoms with E-state index in [4.69, 9.17) is 4.74 Å². The van der Waals surface area contributed by atoms with Crippen LogP contribution in [0, 0.1) is 5.92 Å². The average Bonchev–Trinajstić information content (AvgIpc) is 2.34. The smallest absolute Gasteiger partial charge is 0.381 e. The summed E-state index contributed by atoms with van der Waals surface area (Å²) >= 11 is 0. The second kappa shape index (κ2) is 6.74. The lowest BCUT2D eigenvalue weighted by molar-refractivity contribution is -0.158. The standard InChI is InChI=1S/C11H17F3N2O3/c1-16(7-11(12,13)14)9(17)5-15-10(18)8-3-2-4-19-6-8/h8H,2-7H2,1H3,(H,15,18)/t8-/m0/s1. The lowest BCUT2D eigenvalue weighted by Gasteiger charge is -2.22. The van der Waals surface area contributed by atoms with Crippen LogP contribution in [0.1, 0.15) is 12.8 Å². The van der Waals surface area contributed by atoms with Crippen LogP contribution in [0.4, 0.5) is 13.2 Å². The van der Waals surface area contributed by atoms with Gasteiger partial charge in [0.05, 0.1) is 19.1 Å². The van der Waals surface area contributed by atoms with Gasteiger partial charge in [0, 0.05) is 13.7 Å². The van der Waals surface area contributed by atoms with Crippen LogP contribution in [0.2, 0.25) is 0 Å². The van der Waals surface area contributed by atoms with E-state index in [1.54, 1.807) is 0 Å². The zero-order chi connectivity index (χ0) is 14.5. The summed E-state index contributed by atoms with van der Waals surface area (Å²) in [7, 11) is 1.05. The van der Waals surface area contributed by atoms with Crippen molar-refractivity contribution >= 4 is 11.8 Å². The second-order valence-corrected chi connectivity index (χ2v) is 4.50. The van der Waals surface area contributed by atoms with E-state index >= 15 is 0 Å². The molecule has 8 heteroatoms. The third-order valence-corrected chi connectivity index (χ3v) is 2.79. The Hall–Kier alpha value is -1.31. The van der Waals surface area contributed by atoms with Gasteiger partial charge in [-0.3, -0.25) is 9.59 Å². The minimum atomic E-state index is -4.44. The van der Waals surface area contributed by atoms with Gasteiger partial charge in [0.2, 0.25) is 11.8 Å².